The van der Waals surface area contributed by atoms with Crippen LogP contribution in [0, 0.1) is 5.92 Å². The van der Waals surface area contributed by atoms with Crippen LogP contribution in [0.5, 0.6) is 0 Å². The standard InChI is InChI=1S/C15H24N6O/c1-12(2)8-14-18-15(22-19-14)13-4-3-5-20(9-13)6-7-21-10-16-17-11-21/h10-13H,3-9H2,1-2H3. The summed E-state index contributed by atoms with van der Waals surface area (Å²) in [4.78, 5) is 7.05. The second kappa shape index (κ2) is 7.00. The van der Waals surface area contributed by atoms with Gasteiger partial charge >= 0.3 is 0 Å². The minimum absolute atomic E-state index is 0.364. The van der Waals surface area contributed by atoms with Gasteiger partial charge in [0.1, 0.15) is 12.7 Å². The summed E-state index contributed by atoms with van der Waals surface area (Å²) in [5.41, 5.74) is 0. The Morgan fingerprint density at radius 2 is 2.09 bits per heavy atom. The number of hydrogen-bond donors (Lipinski definition) is 0. The molecule has 3 heterocycles. The monoisotopic (exact) mass is 304 g/mol. The molecule has 7 nitrogen and oxygen atoms in total. The van der Waals surface area contributed by atoms with Crippen molar-refractivity contribution in [2.75, 3.05) is 19.6 Å². The van der Waals surface area contributed by atoms with Crippen molar-refractivity contribution >= 4 is 0 Å². The van der Waals surface area contributed by atoms with Crippen LogP contribution in [0.15, 0.2) is 17.2 Å². The number of aromatic nitrogens is 5. The average molecular weight is 304 g/mol. The fraction of sp³-hybridized carbons (Fsp3) is 0.733. The predicted molar refractivity (Wildman–Crippen MR) is 81.3 cm³/mol. The second-order valence-corrected chi connectivity index (χ2v) is 6.49. The van der Waals surface area contributed by atoms with E-state index in [1.807, 2.05) is 4.57 Å². The average Bonchev–Trinajstić information content (AvgIpc) is 3.16. The van der Waals surface area contributed by atoms with Gasteiger partial charge in [0, 0.05) is 26.1 Å². The molecule has 2 aromatic rings. The molecule has 0 N–H and O–H groups in total. The van der Waals surface area contributed by atoms with Crippen molar-refractivity contribution in [3.8, 4) is 0 Å². The van der Waals surface area contributed by atoms with E-state index >= 15 is 0 Å². The van der Waals surface area contributed by atoms with E-state index in [2.05, 4.69) is 39.1 Å². The van der Waals surface area contributed by atoms with Crippen molar-refractivity contribution < 1.29 is 4.52 Å². The highest BCUT2D eigenvalue weighted by molar-refractivity contribution is 4.97. The highest BCUT2D eigenvalue weighted by Gasteiger charge is 2.25. The summed E-state index contributed by atoms with van der Waals surface area (Å²) in [5.74, 6) is 2.57. The van der Waals surface area contributed by atoms with E-state index in [0.29, 0.717) is 11.8 Å². The molecule has 1 aliphatic rings. The number of likely N-dealkylation sites (tertiary alicyclic amines) is 1. The van der Waals surface area contributed by atoms with Gasteiger partial charge in [-0.25, -0.2) is 0 Å². The van der Waals surface area contributed by atoms with Crippen LogP contribution >= 0.6 is 0 Å². The topological polar surface area (TPSA) is 72.9 Å². The third-order valence-electron chi connectivity index (χ3n) is 4.07. The van der Waals surface area contributed by atoms with Crippen LogP contribution in [0.3, 0.4) is 0 Å². The Bertz CT molecular complexity index is 564. The van der Waals surface area contributed by atoms with Gasteiger partial charge in [-0.1, -0.05) is 19.0 Å². The summed E-state index contributed by atoms with van der Waals surface area (Å²) in [6.45, 7) is 8.38. The Balaban J connectivity index is 1.54. The highest BCUT2D eigenvalue weighted by Crippen LogP contribution is 2.25. The van der Waals surface area contributed by atoms with Crippen molar-refractivity contribution in [1.82, 2.24) is 29.8 Å². The van der Waals surface area contributed by atoms with Gasteiger partial charge in [0.05, 0.1) is 5.92 Å². The first-order chi connectivity index (χ1) is 10.7. The molecule has 0 saturated carbocycles. The van der Waals surface area contributed by atoms with Crippen LogP contribution in [0.1, 0.15) is 44.3 Å². The summed E-state index contributed by atoms with van der Waals surface area (Å²) in [6, 6.07) is 0. The maximum atomic E-state index is 5.49. The highest BCUT2D eigenvalue weighted by atomic mass is 16.5. The van der Waals surface area contributed by atoms with E-state index in [9.17, 15) is 0 Å². The molecule has 1 saturated heterocycles. The lowest BCUT2D eigenvalue weighted by atomic mass is 9.98. The molecule has 0 radical (unpaired) electrons. The van der Waals surface area contributed by atoms with E-state index in [1.54, 1.807) is 12.7 Å². The molecular weight excluding hydrogens is 280 g/mol. The zero-order valence-electron chi connectivity index (χ0n) is 13.4. The fourth-order valence-corrected chi connectivity index (χ4v) is 2.94. The van der Waals surface area contributed by atoms with Gasteiger partial charge in [-0.05, 0) is 25.3 Å². The Kier molecular flexibility index (Phi) is 4.82. The molecule has 2 aromatic heterocycles. The molecule has 22 heavy (non-hydrogen) atoms. The van der Waals surface area contributed by atoms with Crippen LogP contribution in [0.2, 0.25) is 0 Å². The minimum Gasteiger partial charge on any atom is -0.339 e. The summed E-state index contributed by atoms with van der Waals surface area (Å²) in [6.07, 6.45) is 6.71. The van der Waals surface area contributed by atoms with E-state index in [0.717, 1.165) is 50.7 Å². The van der Waals surface area contributed by atoms with Crippen molar-refractivity contribution in [2.45, 2.75) is 45.6 Å². The second-order valence-electron chi connectivity index (χ2n) is 6.49. The fourth-order valence-electron chi connectivity index (χ4n) is 2.94. The van der Waals surface area contributed by atoms with Crippen LogP contribution < -0.4 is 0 Å². The third-order valence-corrected chi connectivity index (χ3v) is 4.07. The molecule has 1 atom stereocenters. The molecule has 0 aromatic carbocycles. The molecule has 1 unspecified atom stereocenters. The SMILES string of the molecule is CC(C)Cc1noc(C2CCCN(CCn3cnnc3)C2)n1. The van der Waals surface area contributed by atoms with Crippen molar-refractivity contribution in [3.63, 3.8) is 0 Å². The van der Waals surface area contributed by atoms with E-state index < -0.39 is 0 Å². The van der Waals surface area contributed by atoms with Crippen molar-refractivity contribution in [1.29, 1.82) is 0 Å². The van der Waals surface area contributed by atoms with Gasteiger partial charge in [-0.2, -0.15) is 4.98 Å². The lowest BCUT2D eigenvalue weighted by molar-refractivity contribution is 0.181. The maximum Gasteiger partial charge on any atom is 0.231 e. The summed E-state index contributed by atoms with van der Waals surface area (Å²) >= 11 is 0. The molecule has 7 heteroatoms. The van der Waals surface area contributed by atoms with Crippen molar-refractivity contribution in [3.05, 3.63) is 24.4 Å². The molecule has 0 spiro atoms. The maximum absolute atomic E-state index is 5.49. The van der Waals surface area contributed by atoms with Crippen LogP contribution in [-0.4, -0.2) is 49.4 Å². The molecule has 1 aliphatic heterocycles. The Labute approximate surface area is 130 Å². The predicted octanol–water partition coefficient (Wildman–Crippen LogP) is 1.74. The number of rotatable bonds is 6. The van der Waals surface area contributed by atoms with Gasteiger partial charge in [0.15, 0.2) is 5.82 Å². The van der Waals surface area contributed by atoms with E-state index in [4.69, 9.17) is 4.52 Å². The van der Waals surface area contributed by atoms with Crippen LogP contribution in [-0.2, 0) is 13.0 Å². The molecular formula is C15H24N6O. The van der Waals surface area contributed by atoms with Crippen LogP contribution in [0.4, 0.5) is 0 Å². The lowest BCUT2D eigenvalue weighted by Gasteiger charge is -2.30. The van der Waals surface area contributed by atoms with Crippen LogP contribution in [0.25, 0.3) is 0 Å². The first kappa shape index (κ1) is 15.1. The molecule has 0 aliphatic carbocycles. The first-order valence-corrected chi connectivity index (χ1v) is 8.08. The summed E-state index contributed by atoms with van der Waals surface area (Å²) in [7, 11) is 0. The normalized spacial score (nSPS) is 19.9. The van der Waals surface area contributed by atoms with Gasteiger partial charge < -0.3 is 14.0 Å². The Hall–Kier alpha value is -1.76. The number of nitrogens with zero attached hydrogens (tertiary/aromatic N) is 6. The smallest absolute Gasteiger partial charge is 0.231 e. The largest absolute Gasteiger partial charge is 0.339 e. The van der Waals surface area contributed by atoms with Gasteiger partial charge in [0.2, 0.25) is 5.89 Å². The van der Waals surface area contributed by atoms with Gasteiger partial charge in [-0.15, -0.1) is 10.2 Å². The number of hydrogen-bond acceptors (Lipinski definition) is 6. The summed E-state index contributed by atoms with van der Waals surface area (Å²) in [5, 5.41) is 11.8. The zero-order valence-corrected chi connectivity index (χ0v) is 13.4. The molecule has 3 rings (SSSR count). The molecule has 0 amide bonds. The zero-order chi connectivity index (χ0) is 15.4. The van der Waals surface area contributed by atoms with Gasteiger partial charge in [0.25, 0.3) is 0 Å². The number of piperidine rings is 1. The lowest BCUT2D eigenvalue weighted by Crippen LogP contribution is -2.36. The Morgan fingerprint density at radius 1 is 1.27 bits per heavy atom. The minimum atomic E-state index is 0.364. The van der Waals surface area contributed by atoms with E-state index in [1.165, 1.54) is 6.42 Å². The molecule has 120 valence electrons. The quantitative estimate of drug-likeness (QED) is 0.809. The first-order valence-electron chi connectivity index (χ1n) is 8.08. The molecule has 1 fully saturated rings. The Morgan fingerprint density at radius 3 is 2.86 bits per heavy atom. The summed E-state index contributed by atoms with van der Waals surface area (Å²) < 4.78 is 7.50. The third kappa shape index (κ3) is 3.91. The van der Waals surface area contributed by atoms with Gasteiger partial charge in [-0.3, -0.25) is 0 Å². The van der Waals surface area contributed by atoms with Crippen molar-refractivity contribution in [2.24, 2.45) is 5.92 Å². The van der Waals surface area contributed by atoms with E-state index in [-0.39, 0.29) is 0 Å². The molecule has 0 bridgehead atoms.